The largest absolute Gasteiger partial charge is 0.327 e. The highest BCUT2D eigenvalue weighted by Gasteiger charge is 1.95. The van der Waals surface area contributed by atoms with Crippen LogP contribution in [0.4, 0.5) is 0 Å². The zero-order valence-corrected chi connectivity index (χ0v) is 7.92. The minimum absolute atomic E-state index is 0.583. The van der Waals surface area contributed by atoms with Gasteiger partial charge in [0.2, 0.25) is 0 Å². The lowest BCUT2D eigenvalue weighted by Crippen LogP contribution is -1.91. The number of benzene rings is 1. The fourth-order valence-corrected chi connectivity index (χ4v) is 1.82. The maximum absolute atomic E-state index is 5.37. The van der Waals surface area contributed by atoms with E-state index in [1.54, 1.807) is 0 Å². The molecule has 1 aromatic heterocycles. The van der Waals surface area contributed by atoms with E-state index >= 15 is 0 Å². The van der Waals surface area contributed by atoms with Crippen molar-refractivity contribution in [2.24, 2.45) is 5.73 Å². The third-order valence-corrected chi connectivity index (χ3v) is 2.60. The minimum Gasteiger partial charge on any atom is -0.327 e. The molecule has 66 valence electrons. The Morgan fingerprint density at radius 1 is 1.46 bits per heavy atom. The van der Waals surface area contributed by atoms with Gasteiger partial charge in [0.15, 0.2) is 0 Å². The van der Waals surface area contributed by atoms with Gasteiger partial charge in [0.1, 0.15) is 0 Å². The van der Waals surface area contributed by atoms with Gasteiger partial charge in [-0.25, -0.2) is 0 Å². The van der Waals surface area contributed by atoms with Crippen LogP contribution < -0.4 is 5.73 Å². The minimum atomic E-state index is 0.583. The Labute approximate surface area is 80.9 Å². The lowest BCUT2D eigenvalue weighted by atomic mass is 10.1. The van der Waals surface area contributed by atoms with Crippen LogP contribution in [0.1, 0.15) is 5.56 Å². The zero-order valence-electron chi connectivity index (χ0n) is 7.10. The Kier molecular flexibility index (Phi) is 2.38. The molecule has 0 aliphatic carbocycles. The molecule has 0 bridgehead atoms. The molecule has 2 N–H and O–H groups in total. The summed E-state index contributed by atoms with van der Waals surface area (Å²) in [5.74, 6) is 0. The molecule has 2 aromatic rings. The Morgan fingerprint density at radius 2 is 2.38 bits per heavy atom. The van der Waals surface area contributed by atoms with E-state index in [9.17, 15) is 0 Å². The second-order valence-corrected chi connectivity index (χ2v) is 3.59. The summed E-state index contributed by atoms with van der Waals surface area (Å²) in [6.07, 6.45) is 5.86. The topological polar surface area (TPSA) is 38.9 Å². The highest BCUT2D eigenvalue weighted by atomic mass is 32.1. The van der Waals surface area contributed by atoms with Crippen molar-refractivity contribution in [3.8, 4) is 0 Å². The first-order valence-electron chi connectivity index (χ1n) is 4.11. The van der Waals surface area contributed by atoms with E-state index in [0.29, 0.717) is 6.54 Å². The highest BCUT2D eigenvalue weighted by molar-refractivity contribution is 7.13. The van der Waals surface area contributed by atoms with Gasteiger partial charge in [-0.2, -0.15) is 4.37 Å². The third kappa shape index (κ3) is 1.76. The van der Waals surface area contributed by atoms with Gasteiger partial charge in [-0.1, -0.05) is 18.2 Å². The van der Waals surface area contributed by atoms with Gasteiger partial charge < -0.3 is 5.73 Å². The van der Waals surface area contributed by atoms with Crippen molar-refractivity contribution in [1.29, 1.82) is 0 Å². The maximum atomic E-state index is 5.37. The average Bonchev–Trinajstić information content (AvgIpc) is 2.61. The summed E-state index contributed by atoms with van der Waals surface area (Å²) in [6.45, 7) is 0.583. The van der Waals surface area contributed by atoms with Crippen LogP contribution >= 0.6 is 11.5 Å². The van der Waals surface area contributed by atoms with Crippen LogP contribution in [0, 0.1) is 0 Å². The van der Waals surface area contributed by atoms with Crippen molar-refractivity contribution in [3.63, 3.8) is 0 Å². The quantitative estimate of drug-likeness (QED) is 0.789. The summed E-state index contributed by atoms with van der Waals surface area (Å²) < 4.78 is 5.34. The molecule has 0 saturated heterocycles. The first-order valence-corrected chi connectivity index (χ1v) is 4.88. The lowest BCUT2D eigenvalue weighted by molar-refractivity contribution is 1.26. The molecule has 0 unspecified atom stereocenters. The van der Waals surface area contributed by atoms with Gasteiger partial charge >= 0.3 is 0 Å². The van der Waals surface area contributed by atoms with Gasteiger partial charge in [0.25, 0.3) is 0 Å². The Balaban J connectivity index is 2.42. The number of hydrogen-bond acceptors (Lipinski definition) is 3. The molecular weight excluding hydrogens is 180 g/mol. The van der Waals surface area contributed by atoms with Gasteiger partial charge in [-0.15, -0.1) is 0 Å². The average molecular weight is 190 g/mol. The third-order valence-electron chi connectivity index (χ3n) is 1.82. The second-order valence-electron chi connectivity index (χ2n) is 2.76. The summed E-state index contributed by atoms with van der Waals surface area (Å²) in [4.78, 5) is 0. The van der Waals surface area contributed by atoms with Crippen LogP contribution in [-0.2, 0) is 0 Å². The summed E-state index contributed by atoms with van der Waals surface area (Å²) in [5.41, 5.74) is 6.55. The zero-order chi connectivity index (χ0) is 9.10. The molecule has 3 heteroatoms. The molecule has 0 fully saturated rings. The van der Waals surface area contributed by atoms with Gasteiger partial charge in [0.05, 0.1) is 4.70 Å². The van der Waals surface area contributed by atoms with Crippen LogP contribution in [0.2, 0.25) is 0 Å². The van der Waals surface area contributed by atoms with Crippen LogP contribution in [0.15, 0.2) is 30.5 Å². The molecule has 0 saturated carbocycles. The second kappa shape index (κ2) is 3.68. The smallest absolute Gasteiger partial charge is 0.0550 e. The number of aromatic nitrogens is 1. The van der Waals surface area contributed by atoms with Crippen molar-refractivity contribution in [3.05, 3.63) is 36.0 Å². The molecule has 0 aliphatic heterocycles. The monoisotopic (exact) mass is 190 g/mol. The predicted octanol–water partition coefficient (Wildman–Crippen LogP) is 2.27. The van der Waals surface area contributed by atoms with E-state index in [0.717, 1.165) is 0 Å². The summed E-state index contributed by atoms with van der Waals surface area (Å²) in [6, 6.07) is 6.28. The molecule has 2 nitrogen and oxygen atoms in total. The van der Waals surface area contributed by atoms with E-state index in [1.807, 2.05) is 18.3 Å². The van der Waals surface area contributed by atoms with E-state index in [2.05, 4.69) is 22.6 Å². The molecule has 1 aromatic carbocycles. The number of rotatable bonds is 2. The number of fused-ring (bicyclic) bond motifs is 1. The SMILES string of the molecule is NC/C=C/c1ccc2sncc2c1. The molecular formula is C10H10N2S. The first kappa shape index (κ1) is 8.41. The first-order chi connectivity index (χ1) is 6.40. The standard InChI is InChI=1S/C10H10N2S/c11-5-1-2-8-3-4-10-9(6-8)7-12-13-10/h1-4,6-7H,5,11H2/b2-1+. The summed E-state index contributed by atoms with van der Waals surface area (Å²) in [5, 5.41) is 1.20. The van der Waals surface area contributed by atoms with E-state index in [4.69, 9.17) is 5.73 Å². The molecule has 0 spiro atoms. The Morgan fingerprint density at radius 3 is 3.23 bits per heavy atom. The van der Waals surface area contributed by atoms with Crippen LogP contribution in [0.3, 0.4) is 0 Å². The predicted molar refractivity (Wildman–Crippen MR) is 57.7 cm³/mol. The molecule has 2 rings (SSSR count). The van der Waals surface area contributed by atoms with Gasteiger partial charge in [0, 0.05) is 18.1 Å². The summed E-state index contributed by atoms with van der Waals surface area (Å²) >= 11 is 1.52. The van der Waals surface area contributed by atoms with E-state index in [-0.39, 0.29) is 0 Å². The molecule has 1 heterocycles. The summed E-state index contributed by atoms with van der Waals surface area (Å²) in [7, 11) is 0. The number of nitrogens with two attached hydrogens (primary N) is 1. The van der Waals surface area contributed by atoms with E-state index in [1.165, 1.54) is 27.2 Å². The van der Waals surface area contributed by atoms with E-state index < -0.39 is 0 Å². The maximum Gasteiger partial charge on any atom is 0.0550 e. The molecule has 0 aliphatic rings. The van der Waals surface area contributed by atoms with Gasteiger partial charge in [-0.3, -0.25) is 0 Å². The fourth-order valence-electron chi connectivity index (χ4n) is 1.20. The van der Waals surface area contributed by atoms with Crippen molar-refractivity contribution in [1.82, 2.24) is 4.37 Å². The van der Waals surface area contributed by atoms with Gasteiger partial charge in [-0.05, 0) is 29.2 Å². The lowest BCUT2D eigenvalue weighted by Gasteiger charge is -1.92. The van der Waals surface area contributed by atoms with Crippen molar-refractivity contribution in [2.75, 3.05) is 6.54 Å². The van der Waals surface area contributed by atoms with Crippen LogP contribution in [0.25, 0.3) is 16.2 Å². The van der Waals surface area contributed by atoms with Crippen molar-refractivity contribution < 1.29 is 0 Å². The number of nitrogens with zero attached hydrogens (tertiary/aromatic N) is 1. The van der Waals surface area contributed by atoms with Crippen molar-refractivity contribution >= 4 is 27.7 Å². The molecule has 0 atom stereocenters. The molecule has 0 amide bonds. The Bertz CT molecular complexity index is 431. The fraction of sp³-hybridized carbons (Fsp3) is 0.100. The normalized spacial score (nSPS) is 11.5. The molecule has 13 heavy (non-hydrogen) atoms. The Hall–Kier alpha value is -1.19. The molecule has 0 radical (unpaired) electrons. The van der Waals surface area contributed by atoms with Crippen LogP contribution in [0.5, 0.6) is 0 Å². The highest BCUT2D eigenvalue weighted by Crippen LogP contribution is 2.19. The number of hydrogen-bond donors (Lipinski definition) is 1. The van der Waals surface area contributed by atoms with Crippen LogP contribution in [-0.4, -0.2) is 10.9 Å². The van der Waals surface area contributed by atoms with Crippen molar-refractivity contribution in [2.45, 2.75) is 0 Å².